The van der Waals surface area contributed by atoms with E-state index >= 15 is 0 Å². The van der Waals surface area contributed by atoms with Crippen LogP contribution in [0.15, 0.2) is 22.7 Å². The fraction of sp³-hybridized carbons (Fsp3) is 0.462. The molecule has 0 aliphatic rings. The predicted molar refractivity (Wildman–Crippen MR) is 76.9 cm³/mol. The second-order valence-electron chi connectivity index (χ2n) is 3.83. The summed E-state index contributed by atoms with van der Waals surface area (Å²) >= 11 is 4.84. The van der Waals surface area contributed by atoms with Crippen molar-refractivity contribution in [1.82, 2.24) is 0 Å². The van der Waals surface area contributed by atoms with Gasteiger partial charge >= 0.3 is 0 Å². The van der Waals surface area contributed by atoms with Gasteiger partial charge in [0.05, 0.1) is 7.11 Å². The highest BCUT2D eigenvalue weighted by Crippen LogP contribution is 2.29. The Labute approximate surface area is 115 Å². The lowest BCUT2D eigenvalue weighted by atomic mass is 9.98. The van der Waals surface area contributed by atoms with Crippen molar-refractivity contribution in [2.45, 2.75) is 26.2 Å². The SMILES string of the molecule is CCSC(=O)C[C@@H](C)c1cc(Br)cc(OC)c1. The van der Waals surface area contributed by atoms with Crippen LogP contribution in [-0.4, -0.2) is 18.0 Å². The zero-order valence-electron chi connectivity index (χ0n) is 10.3. The van der Waals surface area contributed by atoms with Crippen LogP contribution in [-0.2, 0) is 4.79 Å². The molecule has 1 atom stereocenters. The Morgan fingerprint density at radius 2 is 2.18 bits per heavy atom. The molecule has 2 nitrogen and oxygen atoms in total. The molecule has 0 aromatic heterocycles. The molecule has 0 amide bonds. The van der Waals surface area contributed by atoms with Crippen molar-refractivity contribution in [1.29, 1.82) is 0 Å². The molecule has 0 fully saturated rings. The van der Waals surface area contributed by atoms with Gasteiger partial charge in [-0.1, -0.05) is 41.5 Å². The van der Waals surface area contributed by atoms with E-state index in [4.69, 9.17) is 4.74 Å². The minimum absolute atomic E-state index is 0.216. The summed E-state index contributed by atoms with van der Waals surface area (Å²) in [5.74, 6) is 1.87. The summed E-state index contributed by atoms with van der Waals surface area (Å²) in [6.07, 6.45) is 0.568. The maximum Gasteiger partial charge on any atom is 0.189 e. The van der Waals surface area contributed by atoms with Crippen LogP contribution >= 0.6 is 27.7 Å². The molecule has 0 spiro atoms. The first-order valence-electron chi connectivity index (χ1n) is 5.57. The smallest absolute Gasteiger partial charge is 0.189 e. The van der Waals surface area contributed by atoms with Crippen LogP contribution in [0.3, 0.4) is 0 Å². The Hall–Kier alpha value is -0.480. The Morgan fingerprint density at radius 1 is 1.47 bits per heavy atom. The second kappa shape index (κ2) is 7.07. The first-order chi connectivity index (χ1) is 8.06. The van der Waals surface area contributed by atoms with Gasteiger partial charge in [0, 0.05) is 10.9 Å². The van der Waals surface area contributed by atoms with Gasteiger partial charge < -0.3 is 4.74 Å². The molecule has 0 aliphatic carbocycles. The zero-order chi connectivity index (χ0) is 12.8. The lowest BCUT2D eigenvalue weighted by Gasteiger charge is -2.12. The Kier molecular flexibility index (Phi) is 6.06. The summed E-state index contributed by atoms with van der Waals surface area (Å²) in [4.78, 5) is 11.6. The molecule has 1 rings (SSSR count). The lowest BCUT2D eigenvalue weighted by Crippen LogP contribution is -2.01. The molecule has 0 aliphatic heterocycles. The number of halogens is 1. The monoisotopic (exact) mass is 316 g/mol. The predicted octanol–water partition coefficient (Wildman–Crippen LogP) is 4.23. The number of ether oxygens (including phenoxy) is 1. The van der Waals surface area contributed by atoms with Crippen LogP contribution < -0.4 is 4.74 Å². The summed E-state index contributed by atoms with van der Waals surface area (Å²) in [7, 11) is 1.65. The van der Waals surface area contributed by atoms with Crippen LogP contribution in [0, 0.1) is 0 Å². The summed E-state index contributed by atoms with van der Waals surface area (Å²) < 4.78 is 6.20. The van der Waals surface area contributed by atoms with Crippen molar-refractivity contribution in [3.8, 4) is 5.75 Å². The molecule has 0 heterocycles. The topological polar surface area (TPSA) is 26.3 Å². The van der Waals surface area contributed by atoms with Crippen molar-refractivity contribution in [2.24, 2.45) is 0 Å². The number of hydrogen-bond donors (Lipinski definition) is 0. The molecule has 0 radical (unpaired) electrons. The molecule has 4 heteroatoms. The van der Waals surface area contributed by atoms with Gasteiger partial charge in [0.15, 0.2) is 5.12 Å². The van der Waals surface area contributed by atoms with E-state index in [9.17, 15) is 4.79 Å². The molecule has 0 unspecified atom stereocenters. The molecule has 0 N–H and O–H groups in total. The van der Waals surface area contributed by atoms with E-state index in [1.54, 1.807) is 7.11 Å². The Bertz CT molecular complexity index is 393. The van der Waals surface area contributed by atoms with E-state index in [1.807, 2.05) is 25.1 Å². The molecule has 94 valence electrons. The molecular weight excluding hydrogens is 300 g/mol. The summed E-state index contributed by atoms with van der Waals surface area (Å²) in [6, 6.07) is 5.94. The molecule has 1 aromatic carbocycles. The van der Waals surface area contributed by atoms with E-state index in [0.717, 1.165) is 21.5 Å². The number of thioether (sulfide) groups is 1. The highest BCUT2D eigenvalue weighted by Gasteiger charge is 2.12. The third-order valence-corrected chi connectivity index (χ3v) is 3.71. The standard InChI is InChI=1S/C13H17BrO2S/c1-4-17-13(15)5-9(2)10-6-11(14)8-12(7-10)16-3/h6-9H,4-5H2,1-3H3/t9-/m1/s1. The van der Waals surface area contributed by atoms with Crippen LogP contribution in [0.25, 0.3) is 0 Å². The van der Waals surface area contributed by atoms with E-state index < -0.39 is 0 Å². The fourth-order valence-corrected chi connectivity index (χ4v) is 2.75. The van der Waals surface area contributed by atoms with Gasteiger partial charge in [-0.3, -0.25) is 4.79 Å². The second-order valence-corrected chi connectivity index (χ2v) is 6.07. The van der Waals surface area contributed by atoms with Gasteiger partial charge in [0.1, 0.15) is 5.75 Å². The lowest BCUT2D eigenvalue weighted by molar-refractivity contribution is -0.111. The Balaban J connectivity index is 2.77. The van der Waals surface area contributed by atoms with E-state index in [-0.39, 0.29) is 11.0 Å². The molecule has 17 heavy (non-hydrogen) atoms. The molecule has 1 aromatic rings. The van der Waals surface area contributed by atoms with Crippen molar-refractivity contribution in [2.75, 3.05) is 12.9 Å². The van der Waals surface area contributed by atoms with E-state index in [1.165, 1.54) is 11.8 Å². The van der Waals surface area contributed by atoms with Crippen LogP contribution in [0.4, 0.5) is 0 Å². The number of carbonyl (C=O) groups excluding carboxylic acids is 1. The summed E-state index contributed by atoms with van der Waals surface area (Å²) in [5, 5.41) is 0.249. The highest BCUT2D eigenvalue weighted by molar-refractivity contribution is 9.10. The van der Waals surface area contributed by atoms with Crippen molar-refractivity contribution in [3.63, 3.8) is 0 Å². The minimum Gasteiger partial charge on any atom is -0.497 e. The molecular formula is C13H17BrO2S. The Morgan fingerprint density at radius 3 is 2.76 bits per heavy atom. The number of carbonyl (C=O) groups is 1. The van der Waals surface area contributed by atoms with Crippen molar-refractivity contribution in [3.05, 3.63) is 28.2 Å². The molecule has 0 saturated heterocycles. The highest BCUT2D eigenvalue weighted by atomic mass is 79.9. The van der Waals surface area contributed by atoms with E-state index in [2.05, 4.69) is 22.9 Å². The van der Waals surface area contributed by atoms with E-state index in [0.29, 0.717) is 6.42 Å². The number of rotatable bonds is 5. The third kappa shape index (κ3) is 4.72. The molecule has 0 bridgehead atoms. The fourth-order valence-electron chi connectivity index (χ4n) is 1.57. The first kappa shape index (κ1) is 14.6. The van der Waals surface area contributed by atoms with Crippen LogP contribution in [0.5, 0.6) is 5.75 Å². The third-order valence-electron chi connectivity index (χ3n) is 2.48. The number of methoxy groups -OCH3 is 1. The molecule has 0 saturated carbocycles. The first-order valence-corrected chi connectivity index (χ1v) is 7.34. The van der Waals surface area contributed by atoms with Gasteiger partial charge in [0.25, 0.3) is 0 Å². The van der Waals surface area contributed by atoms with Crippen LogP contribution in [0.1, 0.15) is 31.7 Å². The van der Waals surface area contributed by atoms with Crippen LogP contribution in [0.2, 0.25) is 0 Å². The average Bonchev–Trinajstić information content (AvgIpc) is 2.28. The summed E-state index contributed by atoms with van der Waals surface area (Å²) in [6.45, 7) is 4.06. The van der Waals surface area contributed by atoms with Gasteiger partial charge in [-0.05, 0) is 35.4 Å². The van der Waals surface area contributed by atoms with Crippen molar-refractivity contribution < 1.29 is 9.53 Å². The number of hydrogen-bond acceptors (Lipinski definition) is 3. The maximum atomic E-state index is 11.6. The van der Waals surface area contributed by atoms with Crippen molar-refractivity contribution >= 4 is 32.8 Å². The van der Waals surface area contributed by atoms with Gasteiger partial charge in [-0.2, -0.15) is 0 Å². The maximum absolute atomic E-state index is 11.6. The minimum atomic E-state index is 0.216. The quantitative estimate of drug-likeness (QED) is 0.813. The normalized spacial score (nSPS) is 12.2. The van der Waals surface area contributed by atoms with Gasteiger partial charge in [-0.15, -0.1) is 0 Å². The average molecular weight is 317 g/mol. The summed E-state index contributed by atoms with van der Waals surface area (Å²) in [5.41, 5.74) is 1.13. The zero-order valence-corrected chi connectivity index (χ0v) is 12.7. The largest absolute Gasteiger partial charge is 0.497 e. The van der Waals surface area contributed by atoms with Gasteiger partial charge in [0.2, 0.25) is 0 Å². The van der Waals surface area contributed by atoms with Gasteiger partial charge in [-0.25, -0.2) is 0 Å². The number of benzene rings is 1.